The van der Waals surface area contributed by atoms with Crippen molar-refractivity contribution in [3.05, 3.63) is 12.7 Å². The van der Waals surface area contributed by atoms with Crippen molar-refractivity contribution in [1.82, 2.24) is 0 Å². The van der Waals surface area contributed by atoms with Gasteiger partial charge in [0.25, 0.3) is 0 Å². The molecule has 0 N–H and O–H groups in total. The number of esters is 1. The largest absolute Gasteiger partial charge is 0.459 e. The Balaban J connectivity index is 4.72. The fourth-order valence-corrected chi connectivity index (χ4v) is 0.886. The van der Waals surface area contributed by atoms with Gasteiger partial charge in [-0.15, -0.1) is 0 Å². The number of carbonyl (C=O) groups is 1. The van der Waals surface area contributed by atoms with Gasteiger partial charge in [0.15, 0.2) is 0 Å². The lowest BCUT2D eigenvalue weighted by atomic mass is 9.97. The van der Waals surface area contributed by atoms with Gasteiger partial charge in [-0.05, 0) is 6.92 Å². The molecule has 0 radical (unpaired) electrons. The maximum atomic E-state index is 12.8. The van der Waals surface area contributed by atoms with E-state index in [0.29, 0.717) is 13.0 Å². The molecule has 0 heterocycles. The first-order valence-electron chi connectivity index (χ1n) is 4.31. The Hall–Kier alpha value is -1.14. The molecule has 0 rings (SSSR count). The topological polar surface area (TPSA) is 26.3 Å². The number of halogens is 5. The second-order valence-corrected chi connectivity index (χ2v) is 3.26. The molecule has 0 aromatic heterocycles. The van der Waals surface area contributed by atoms with Crippen LogP contribution in [0.4, 0.5) is 22.0 Å². The van der Waals surface area contributed by atoms with E-state index >= 15 is 0 Å². The highest BCUT2D eigenvalue weighted by molar-refractivity contribution is 5.81. The molecule has 0 spiro atoms. The molecule has 0 aliphatic carbocycles. The molecule has 0 aliphatic rings. The average molecular weight is 246 g/mol. The molecule has 2 atom stereocenters. The normalized spacial score (nSPS) is 16.4. The molecule has 0 aliphatic heterocycles. The SMILES string of the molecule is C=CC(=O)OC(C)C(C)C(F)(F)C(F)(F)F. The van der Waals surface area contributed by atoms with Crippen molar-refractivity contribution < 1.29 is 31.5 Å². The quantitative estimate of drug-likeness (QED) is 0.433. The summed E-state index contributed by atoms with van der Waals surface area (Å²) in [4.78, 5) is 10.6. The van der Waals surface area contributed by atoms with Crippen molar-refractivity contribution in [2.24, 2.45) is 5.92 Å². The maximum absolute atomic E-state index is 12.8. The number of carbonyl (C=O) groups excluding carboxylic acids is 1. The van der Waals surface area contributed by atoms with E-state index in [9.17, 15) is 26.7 Å². The Morgan fingerprint density at radius 1 is 1.25 bits per heavy atom. The van der Waals surface area contributed by atoms with E-state index in [1.165, 1.54) is 0 Å². The summed E-state index contributed by atoms with van der Waals surface area (Å²) in [6, 6.07) is 0. The van der Waals surface area contributed by atoms with Gasteiger partial charge >= 0.3 is 18.1 Å². The summed E-state index contributed by atoms with van der Waals surface area (Å²) in [6.07, 6.45) is -6.54. The average Bonchev–Trinajstić information content (AvgIpc) is 2.14. The van der Waals surface area contributed by atoms with E-state index in [2.05, 4.69) is 11.3 Å². The minimum absolute atomic E-state index is 0.661. The van der Waals surface area contributed by atoms with Crippen LogP contribution in [0.15, 0.2) is 12.7 Å². The predicted molar refractivity (Wildman–Crippen MR) is 45.9 cm³/mol. The molecule has 0 bridgehead atoms. The summed E-state index contributed by atoms with van der Waals surface area (Å²) >= 11 is 0. The lowest BCUT2D eigenvalue weighted by Crippen LogP contribution is -2.47. The molecule has 2 unspecified atom stereocenters. The number of rotatable bonds is 4. The van der Waals surface area contributed by atoms with Crippen molar-refractivity contribution in [2.45, 2.75) is 32.1 Å². The first-order chi connectivity index (χ1) is 7.04. The van der Waals surface area contributed by atoms with Gasteiger partial charge in [0.05, 0.1) is 5.92 Å². The number of hydrogen-bond donors (Lipinski definition) is 0. The van der Waals surface area contributed by atoms with Crippen molar-refractivity contribution in [3.63, 3.8) is 0 Å². The monoisotopic (exact) mass is 246 g/mol. The van der Waals surface area contributed by atoms with Crippen LogP contribution in [0.1, 0.15) is 13.8 Å². The fourth-order valence-electron chi connectivity index (χ4n) is 0.886. The van der Waals surface area contributed by atoms with Crippen LogP contribution in [-0.2, 0) is 9.53 Å². The molecule has 0 aromatic rings. The van der Waals surface area contributed by atoms with Gasteiger partial charge < -0.3 is 4.74 Å². The molecule has 2 nitrogen and oxygen atoms in total. The van der Waals surface area contributed by atoms with Crippen LogP contribution in [0.2, 0.25) is 0 Å². The van der Waals surface area contributed by atoms with Crippen molar-refractivity contribution in [2.75, 3.05) is 0 Å². The lowest BCUT2D eigenvalue weighted by molar-refractivity contribution is -0.308. The second-order valence-electron chi connectivity index (χ2n) is 3.26. The van der Waals surface area contributed by atoms with Gasteiger partial charge in [-0.1, -0.05) is 13.5 Å². The Morgan fingerprint density at radius 3 is 2.00 bits per heavy atom. The lowest BCUT2D eigenvalue weighted by Gasteiger charge is -2.29. The van der Waals surface area contributed by atoms with Crippen LogP contribution in [0.3, 0.4) is 0 Å². The molecule has 0 saturated carbocycles. The van der Waals surface area contributed by atoms with Gasteiger partial charge in [-0.25, -0.2) is 4.79 Å². The van der Waals surface area contributed by atoms with Crippen LogP contribution in [0, 0.1) is 5.92 Å². The van der Waals surface area contributed by atoms with E-state index in [1.807, 2.05) is 0 Å². The summed E-state index contributed by atoms with van der Waals surface area (Å²) < 4.78 is 65.7. The third-order valence-corrected chi connectivity index (χ3v) is 2.12. The van der Waals surface area contributed by atoms with E-state index in [1.54, 1.807) is 0 Å². The molecular formula is C9H11F5O2. The highest BCUT2D eigenvalue weighted by Gasteiger charge is 2.62. The Kier molecular flexibility index (Phi) is 4.45. The van der Waals surface area contributed by atoms with Crippen LogP contribution >= 0.6 is 0 Å². The first kappa shape index (κ1) is 14.9. The van der Waals surface area contributed by atoms with Crippen LogP contribution in [0.5, 0.6) is 0 Å². The molecule has 0 amide bonds. The van der Waals surface area contributed by atoms with E-state index in [0.717, 1.165) is 6.92 Å². The van der Waals surface area contributed by atoms with Gasteiger partial charge in [-0.3, -0.25) is 0 Å². The smallest absolute Gasteiger partial charge is 0.453 e. The Labute approximate surface area is 89.1 Å². The predicted octanol–water partition coefficient (Wildman–Crippen LogP) is 2.94. The Morgan fingerprint density at radius 2 is 1.69 bits per heavy atom. The zero-order chi connectivity index (χ0) is 13.1. The van der Waals surface area contributed by atoms with E-state index in [4.69, 9.17) is 0 Å². The first-order valence-corrected chi connectivity index (χ1v) is 4.31. The summed E-state index contributed by atoms with van der Waals surface area (Å²) in [6.45, 7) is 4.62. The molecular weight excluding hydrogens is 235 g/mol. The van der Waals surface area contributed by atoms with Crippen molar-refractivity contribution >= 4 is 5.97 Å². The standard InChI is InChI=1S/C9H11F5O2/c1-4-7(15)16-6(3)5(2)8(10,11)9(12,13)14/h4-6H,1H2,2-3H3. The molecule has 0 fully saturated rings. The van der Waals surface area contributed by atoms with Gasteiger partial charge in [0.1, 0.15) is 6.10 Å². The second kappa shape index (κ2) is 4.80. The zero-order valence-electron chi connectivity index (χ0n) is 8.65. The Bertz CT molecular complexity index is 272. The third-order valence-electron chi connectivity index (χ3n) is 2.12. The summed E-state index contributed by atoms with van der Waals surface area (Å²) in [5.74, 6) is -8.12. The molecule has 7 heteroatoms. The molecule has 16 heavy (non-hydrogen) atoms. The van der Waals surface area contributed by atoms with Gasteiger partial charge in [0.2, 0.25) is 0 Å². The molecule has 94 valence electrons. The van der Waals surface area contributed by atoms with Gasteiger partial charge in [0, 0.05) is 6.08 Å². The van der Waals surface area contributed by atoms with Crippen LogP contribution in [0.25, 0.3) is 0 Å². The number of alkyl halides is 5. The number of hydrogen-bond acceptors (Lipinski definition) is 2. The van der Waals surface area contributed by atoms with E-state index in [-0.39, 0.29) is 0 Å². The summed E-state index contributed by atoms with van der Waals surface area (Å²) in [5, 5.41) is 0. The van der Waals surface area contributed by atoms with E-state index < -0.39 is 30.1 Å². The minimum Gasteiger partial charge on any atom is -0.459 e. The number of ether oxygens (including phenoxy) is 1. The summed E-state index contributed by atoms with van der Waals surface area (Å²) in [7, 11) is 0. The maximum Gasteiger partial charge on any atom is 0.453 e. The third kappa shape index (κ3) is 3.18. The van der Waals surface area contributed by atoms with Crippen LogP contribution in [-0.4, -0.2) is 24.2 Å². The highest BCUT2D eigenvalue weighted by atomic mass is 19.4. The highest BCUT2D eigenvalue weighted by Crippen LogP contribution is 2.42. The zero-order valence-corrected chi connectivity index (χ0v) is 8.65. The van der Waals surface area contributed by atoms with Crippen molar-refractivity contribution in [1.29, 1.82) is 0 Å². The molecule has 0 saturated heterocycles. The summed E-state index contributed by atoms with van der Waals surface area (Å²) in [5.41, 5.74) is 0. The fraction of sp³-hybridized carbons (Fsp3) is 0.667. The minimum atomic E-state index is -5.67. The van der Waals surface area contributed by atoms with Crippen LogP contribution < -0.4 is 0 Å². The van der Waals surface area contributed by atoms with Crippen molar-refractivity contribution in [3.8, 4) is 0 Å². The molecule has 0 aromatic carbocycles. The van der Waals surface area contributed by atoms with Gasteiger partial charge in [-0.2, -0.15) is 22.0 Å².